The molecule has 2 rings (SSSR count). The van der Waals surface area contributed by atoms with Gasteiger partial charge in [0.05, 0.1) is 6.61 Å². The van der Waals surface area contributed by atoms with Crippen molar-refractivity contribution in [2.24, 2.45) is 0 Å². The zero-order valence-corrected chi connectivity index (χ0v) is 13.9. The molecule has 1 nitrogen and oxygen atoms in total. The topological polar surface area (TPSA) is 9.23 Å². The van der Waals surface area contributed by atoms with Crippen LogP contribution in [-0.2, 0) is 6.42 Å². The second-order valence-electron chi connectivity index (χ2n) is 5.70. The summed E-state index contributed by atoms with van der Waals surface area (Å²) in [5.41, 5.74) is 5.01. The largest absolute Gasteiger partial charge is 0.493 e. The molecule has 0 fully saturated rings. The summed E-state index contributed by atoms with van der Waals surface area (Å²) in [4.78, 5) is 0. The zero-order chi connectivity index (χ0) is 15.8. The molecule has 0 saturated carbocycles. The quantitative estimate of drug-likeness (QED) is 0.577. The van der Waals surface area contributed by atoms with Crippen LogP contribution in [0.2, 0.25) is 0 Å². The van der Waals surface area contributed by atoms with E-state index in [1.54, 1.807) is 0 Å². The first-order chi connectivity index (χ1) is 10.7. The van der Waals surface area contributed by atoms with E-state index in [2.05, 4.69) is 75.4 Å². The third kappa shape index (κ3) is 4.77. The summed E-state index contributed by atoms with van der Waals surface area (Å²) in [5, 5.41) is 0. The van der Waals surface area contributed by atoms with Crippen molar-refractivity contribution in [3.05, 3.63) is 64.7 Å². The molecule has 1 heteroatoms. The van der Waals surface area contributed by atoms with Gasteiger partial charge < -0.3 is 4.74 Å². The average Bonchev–Trinajstić information content (AvgIpc) is 2.54. The Hall–Kier alpha value is -2.02. The molecule has 0 saturated heterocycles. The highest BCUT2D eigenvalue weighted by Crippen LogP contribution is 2.21. The highest BCUT2D eigenvalue weighted by atomic mass is 16.5. The number of ether oxygens (including phenoxy) is 1. The molecule has 0 aromatic heterocycles. The van der Waals surface area contributed by atoms with E-state index in [9.17, 15) is 0 Å². The lowest BCUT2D eigenvalue weighted by molar-refractivity contribution is 0.315. The maximum absolute atomic E-state index is 5.79. The Labute approximate surface area is 134 Å². The van der Waals surface area contributed by atoms with Gasteiger partial charge in [-0.15, -0.1) is 0 Å². The van der Waals surface area contributed by atoms with Crippen LogP contribution in [0, 0.1) is 6.92 Å². The van der Waals surface area contributed by atoms with Gasteiger partial charge in [-0.05, 0) is 48.1 Å². The van der Waals surface area contributed by atoms with E-state index in [1.165, 1.54) is 28.7 Å². The third-order valence-electron chi connectivity index (χ3n) is 3.66. The monoisotopic (exact) mass is 294 g/mol. The summed E-state index contributed by atoms with van der Waals surface area (Å²) >= 11 is 0. The van der Waals surface area contributed by atoms with Gasteiger partial charge in [-0.3, -0.25) is 0 Å². The molecule has 0 heterocycles. The van der Waals surface area contributed by atoms with Crippen molar-refractivity contribution in [3.8, 4) is 5.75 Å². The predicted octanol–water partition coefficient (Wildman–Crippen LogP) is 5.91. The van der Waals surface area contributed by atoms with E-state index in [4.69, 9.17) is 4.74 Å². The molecule has 0 unspecified atom stereocenters. The van der Waals surface area contributed by atoms with Crippen LogP contribution in [0.1, 0.15) is 48.9 Å². The standard InChI is InChI=1S/C21H26O/c1-4-6-18-9-11-19(12-10-18)13-14-20-8-7-17(3)21(16-20)22-15-5-2/h7-14,16H,4-6,15H2,1-3H3/b14-13+. The van der Waals surface area contributed by atoms with Crippen molar-refractivity contribution in [1.29, 1.82) is 0 Å². The van der Waals surface area contributed by atoms with E-state index in [-0.39, 0.29) is 0 Å². The second kappa shape index (κ2) is 8.43. The third-order valence-corrected chi connectivity index (χ3v) is 3.66. The molecule has 2 aromatic rings. The van der Waals surface area contributed by atoms with Crippen LogP contribution in [0.4, 0.5) is 0 Å². The van der Waals surface area contributed by atoms with Gasteiger partial charge in [0, 0.05) is 0 Å². The van der Waals surface area contributed by atoms with Gasteiger partial charge in [0.2, 0.25) is 0 Å². The molecule has 0 aliphatic carbocycles. The van der Waals surface area contributed by atoms with Gasteiger partial charge in [0.25, 0.3) is 0 Å². The Balaban J connectivity index is 2.08. The normalized spacial score (nSPS) is 11.0. The van der Waals surface area contributed by atoms with Gasteiger partial charge in [0.15, 0.2) is 0 Å². The molecule has 0 bridgehead atoms. The fourth-order valence-electron chi connectivity index (χ4n) is 2.36. The van der Waals surface area contributed by atoms with Crippen LogP contribution in [-0.4, -0.2) is 6.61 Å². The van der Waals surface area contributed by atoms with E-state index < -0.39 is 0 Å². The second-order valence-corrected chi connectivity index (χ2v) is 5.70. The zero-order valence-electron chi connectivity index (χ0n) is 13.9. The summed E-state index contributed by atoms with van der Waals surface area (Å²) < 4.78 is 5.79. The van der Waals surface area contributed by atoms with Crippen LogP contribution in [0.15, 0.2) is 42.5 Å². The van der Waals surface area contributed by atoms with Gasteiger partial charge in [0.1, 0.15) is 5.75 Å². The van der Waals surface area contributed by atoms with E-state index in [1.807, 2.05) is 0 Å². The lowest BCUT2D eigenvalue weighted by Crippen LogP contribution is -1.97. The fraction of sp³-hybridized carbons (Fsp3) is 0.333. The van der Waals surface area contributed by atoms with Crippen LogP contribution in [0.5, 0.6) is 5.75 Å². The maximum atomic E-state index is 5.79. The summed E-state index contributed by atoms with van der Waals surface area (Å²) in [6, 6.07) is 15.2. The first-order valence-corrected chi connectivity index (χ1v) is 8.23. The van der Waals surface area contributed by atoms with Gasteiger partial charge in [-0.2, -0.15) is 0 Å². The average molecular weight is 294 g/mol. The summed E-state index contributed by atoms with van der Waals surface area (Å²) in [6.07, 6.45) is 7.68. The number of rotatable bonds is 7. The number of hydrogen-bond acceptors (Lipinski definition) is 1. The molecular weight excluding hydrogens is 268 g/mol. The molecule has 0 spiro atoms. The molecule has 22 heavy (non-hydrogen) atoms. The van der Waals surface area contributed by atoms with Crippen molar-refractivity contribution in [2.75, 3.05) is 6.61 Å². The summed E-state index contributed by atoms with van der Waals surface area (Å²) in [7, 11) is 0. The Kier molecular flexibility index (Phi) is 6.27. The summed E-state index contributed by atoms with van der Waals surface area (Å²) in [6.45, 7) is 7.20. The smallest absolute Gasteiger partial charge is 0.122 e. The predicted molar refractivity (Wildman–Crippen MR) is 96.3 cm³/mol. The van der Waals surface area contributed by atoms with E-state index in [0.29, 0.717) is 0 Å². The van der Waals surface area contributed by atoms with Crippen molar-refractivity contribution in [1.82, 2.24) is 0 Å². The molecule has 0 N–H and O–H groups in total. The molecule has 0 radical (unpaired) electrons. The van der Waals surface area contributed by atoms with Crippen molar-refractivity contribution >= 4 is 12.2 Å². The van der Waals surface area contributed by atoms with E-state index in [0.717, 1.165) is 25.2 Å². The minimum absolute atomic E-state index is 0.771. The fourth-order valence-corrected chi connectivity index (χ4v) is 2.36. The first-order valence-electron chi connectivity index (χ1n) is 8.23. The minimum atomic E-state index is 0.771. The Morgan fingerprint density at radius 1 is 0.864 bits per heavy atom. The Morgan fingerprint density at radius 2 is 1.55 bits per heavy atom. The highest BCUT2D eigenvalue weighted by molar-refractivity contribution is 5.70. The molecule has 0 aliphatic heterocycles. The maximum Gasteiger partial charge on any atom is 0.122 e. The molecule has 2 aromatic carbocycles. The highest BCUT2D eigenvalue weighted by Gasteiger charge is 2.00. The minimum Gasteiger partial charge on any atom is -0.493 e. The molecule has 0 aliphatic rings. The Morgan fingerprint density at radius 3 is 2.23 bits per heavy atom. The van der Waals surface area contributed by atoms with Gasteiger partial charge in [-0.1, -0.05) is 68.8 Å². The van der Waals surface area contributed by atoms with E-state index >= 15 is 0 Å². The van der Waals surface area contributed by atoms with Crippen LogP contribution < -0.4 is 4.74 Å². The van der Waals surface area contributed by atoms with Crippen LogP contribution >= 0.6 is 0 Å². The van der Waals surface area contributed by atoms with Gasteiger partial charge in [-0.25, -0.2) is 0 Å². The van der Waals surface area contributed by atoms with Crippen molar-refractivity contribution < 1.29 is 4.74 Å². The lowest BCUT2D eigenvalue weighted by atomic mass is 10.1. The lowest BCUT2D eigenvalue weighted by Gasteiger charge is -2.08. The number of benzene rings is 2. The molecular formula is C21H26O. The van der Waals surface area contributed by atoms with Gasteiger partial charge >= 0.3 is 0 Å². The summed E-state index contributed by atoms with van der Waals surface area (Å²) in [5.74, 6) is 0.988. The van der Waals surface area contributed by atoms with Crippen LogP contribution in [0.25, 0.3) is 12.2 Å². The van der Waals surface area contributed by atoms with Crippen molar-refractivity contribution in [2.45, 2.75) is 40.0 Å². The number of aryl methyl sites for hydroxylation is 2. The first kappa shape index (κ1) is 16.4. The SMILES string of the molecule is CCCOc1cc(/C=C/c2ccc(CCC)cc2)ccc1C. The molecule has 116 valence electrons. The molecule has 0 amide bonds. The number of hydrogen-bond donors (Lipinski definition) is 0. The van der Waals surface area contributed by atoms with Crippen molar-refractivity contribution in [3.63, 3.8) is 0 Å². The molecule has 0 atom stereocenters. The van der Waals surface area contributed by atoms with Crippen LogP contribution in [0.3, 0.4) is 0 Å². The Bertz CT molecular complexity index is 608.